The lowest BCUT2D eigenvalue weighted by Gasteiger charge is -2.16. The molecule has 0 aliphatic heterocycles. The summed E-state index contributed by atoms with van der Waals surface area (Å²) in [5.74, 6) is 0.255. The maximum absolute atomic E-state index is 13.6. The molecule has 2 aromatic carbocycles. The van der Waals surface area contributed by atoms with Crippen LogP contribution in [0.5, 0.6) is 5.75 Å². The Balaban J connectivity index is 1.78. The number of hydrogen-bond acceptors (Lipinski definition) is 2. The van der Waals surface area contributed by atoms with E-state index in [-0.39, 0.29) is 17.7 Å². The van der Waals surface area contributed by atoms with Crippen LogP contribution in [0.1, 0.15) is 18.9 Å². The van der Waals surface area contributed by atoms with Crippen LogP contribution >= 0.6 is 0 Å². The van der Waals surface area contributed by atoms with Crippen molar-refractivity contribution in [2.75, 3.05) is 13.1 Å². The number of para-hydroxylation sites is 1. The molecular formula is C19H24FN3O. The van der Waals surface area contributed by atoms with Gasteiger partial charge in [0.25, 0.3) is 0 Å². The van der Waals surface area contributed by atoms with Crippen LogP contribution in [0, 0.1) is 5.82 Å². The summed E-state index contributed by atoms with van der Waals surface area (Å²) in [5.41, 5.74) is 7.12. The van der Waals surface area contributed by atoms with Crippen LogP contribution in [0.25, 0.3) is 0 Å². The summed E-state index contributed by atoms with van der Waals surface area (Å²) in [6.07, 6.45) is 1.38. The highest BCUT2D eigenvalue weighted by atomic mass is 19.1. The minimum absolute atomic E-state index is 0.212. The topological polar surface area (TPSA) is 59.6 Å². The minimum atomic E-state index is -0.367. The molecule has 1 unspecified atom stereocenters. The van der Waals surface area contributed by atoms with Crippen molar-refractivity contribution in [1.29, 1.82) is 0 Å². The molecule has 2 rings (SSSR count). The van der Waals surface area contributed by atoms with Gasteiger partial charge in [0.1, 0.15) is 6.10 Å². The van der Waals surface area contributed by atoms with Crippen LogP contribution in [0.4, 0.5) is 4.39 Å². The molecule has 0 aliphatic carbocycles. The van der Waals surface area contributed by atoms with Crippen molar-refractivity contribution in [2.45, 2.75) is 25.9 Å². The van der Waals surface area contributed by atoms with Gasteiger partial charge in [0, 0.05) is 6.54 Å². The van der Waals surface area contributed by atoms with Crippen molar-refractivity contribution in [2.24, 2.45) is 10.7 Å². The first-order valence-electron chi connectivity index (χ1n) is 8.18. The highest BCUT2D eigenvalue weighted by Crippen LogP contribution is 2.18. The van der Waals surface area contributed by atoms with Gasteiger partial charge in [-0.2, -0.15) is 0 Å². The standard InChI is InChI=1S/C19H24FN3O/c1-2-16(24-18-11-7-6-10-17(18)20)14-23-19(21)22-13-12-15-8-4-3-5-9-15/h3-11,16H,2,12-14H2,1H3,(H3,21,22,23). The third kappa shape index (κ3) is 5.91. The lowest BCUT2D eigenvalue weighted by Crippen LogP contribution is -2.34. The summed E-state index contributed by atoms with van der Waals surface area (Å²) in [7, 11) is 0. The van der Waals surface area contributed by atoms with Gasteiger partial charge in [-0.15, -0.1) is 0 Å². The first-order valence-corrected chi connectivity index (χ1v) is 8.18. The Morgan fingerprint density at radius 2 is 1.88 bits per heavy atom. The summed E-state index contributed by atoms with van der Waals surface area (Å²) >= 11 is 0. The molecule has 0 saturated heterocycles. The second kappa shape index (κ2) is 9.55. The van der Waals surface area contributed by atoms with E-state index in [0.29, 0.717) is 19.0 Å². The highest BCUT2D eigenvalue weighted by Gasteiger charge is 2.10. The Labute approximate surface area is 142 Å². The van der Waals surface area contributed by atoms with Crippen LogP contribution in [-0.4, -0.2) is 25.2 Å². The van der Waals surface area contributed by atoms with Gasteiger partial charge in [0.2, 0.25) is 0 Å². The predicted octanol–water partition coefficient (Wildman–Crippen LogP) is 3.13. The van der Waals surface area contributed by atoms with Crippen LogP contribution < -0.4 is 15.8 Å². The quantitative estimate of drug-likeness (QED) is 0.578. The number of aliphatic imine (C=N–C) groups is 1. The molecule has 2 aromatic rings. The molecule has 0 aliphatic rings. The maximum Gasteiger partial charge on any atom is 0.188 e. The molecule has 0 saturated carbocycles. The fraction of sp³-hybridized carbons (Fsp3) is 0.316. The molecule has 0 heterocycles. The van der Waals surface area contributed by atoms with E-state index in [1.807, 2.05) is 25.1 Å². The van der Waals surface area contributed by atoms with E-state index in [4.69, 9.17) is 10.5 Å². The average Bonchev–Trinajstić information content (AvgIpc) is 2.61. The number of nitrogens with two attached hydrogens (primary N) is 1. The van der Waals surface area contributed by atoms with Crippen molar-refractivity contribution < 1.29 is 9.13 Å². The van der Waals surface area contributed by atoms with Gasteiger partial charge in [0.05, 0.1) is 6.54 Å². The van der Waals surface area contributed by atoms with E-state index in [1.54, 1.807) is 18.2 Å². The Morgan fingerprint density at radius 3 is 2.58 bits per heavy atom. The molecule has 0 amide bonds. The summed E-state index contributed by atoms with van der Waals surface area (Å²) in [4.78, 5) is 4.29. The van der Waals surface area contributed by atoms with E-state index >= 15 is 0 Å². The molecule has 128 valence electrons. The SMILES string of the molecule is CCC(CN=C(N)NCCc1ccccc1)Oc1ccccc1F. The second-order valence-corrected chi connectivity index (χ2v) is 5.47. The normalized spacial score (nSPS) is 12.7. The molecule has 0 radical (unpaired) electrons. The molecule has 3 N–H and O–H groups in total. The van der Waals surface area contributed by atoms with Gasteiger partial charge in [-0.05, 0) is 30.5 Å². The zero-order valence-electron chi connectivity index (χ0n) is 13.9. The third-order valence-electron chi connectivity index (χ3n) is 3.61. The molecule has 24 heavy (non-hydrogen) atoms. The number of hydrogen-bond donors (Lipinski definition) is 2. The van der Waals surface area contributed by atoms with Gasteiger partial charge in [-0.25, -0.2) is 9.38 Å². The number of nitrogens with zero attached hydrogens (tertiary/aromatic N) is 1. The van der Waals surface area contributed by atoms with Gasteiger partial charge in [-0.3, -0.25) is 0 Å². The Bertz CT molecular complexity index is 646. The zero-order valence-corrected chi connectivity index (χ0v) is 13.9. The fourth-order valence-corrected chi connectivity index (χ4v) is 2.21. The van der Waals surface area contributed by atoms with Crippen LogP contribution in [0.3, 0.4) is 0 Å². The number of halogens is 1. The van der Waals surface area contributed by atoms with E-state index < -0.39 is 0 Å². The van der Waals surface area contributed by atoms with Gasteiger partial charge in [-0.1, -0.05) is 49.4 Å². The monoisotopic (exact) mass is 329 g/mol. The Hall–Kier alpha value is -2.56. The van der Waals surface area contributed by atoms with Crippen molar-refractivity contribution in [3.8, 4) is 5.75 Å². The van der Waals surface area contributed by atoms with Crippen LogP contribution in [-0.2, 0) is 6.42 Å². The van der Waals surface area contributed by atoms with E-state index in [1.165, 1.54) is 11.6 Å². The lowest BCUT2D eigenvalue weighted by atomic mass is 10.1. The fourth-order valence-electron chi connectivity index (χ4n) is 2.21. The third-order valence-corrected chi connectivity index (χ3v) is 3.61. The first-order chi connectivity index (χ1) is 11.7. The molecule has 5 heteroatoms. The van der Waals surface area contributed by atoms with E-state index in [9.17, 15) is 4.39 Å². The van der Waals surface area contributed by atoms with Gasteiger partial charge < -0.3 is 15.8 Å². The first kappa shape index (κ1) is 17.8. The van der Waals surface area contributed by atoms with Crippen LogP contribution in [0.15, 0.2) is 59.6 Å². The minimum Gasteiger partial charge on any atom is -0.485 e. The van der Waals surface area contributed by atoms with Crippen molar-refractivity contribution in [1.82, 2.24) is 5.32 Å². The number of nitrogens with one attached hydrogen (secondary N) is 1. The summed E-state index contributed by atoms with van der Waals surface area (Å²) in [6, 6.07) is 16.5. The largest absolute Gasteiger partial charge is 0.485 e. The Kier molecular flexibility index (Phi) is 7.08. The lowest BCUT2D eigenvalue weighted by molar-refractivity contribution is 0.197. The van der Waals surface area contributed by atoms with E-state index in [2.05, 4.69) is 22.4 Å². The zero-order chi connectivity index (χ0) is 17.2. The summed E-state index contributed by atoms with van der Waals surface area (Å²) in [5, 5.41) is 3.08. The average molecular weight is 329 g/mol. The predicted molar refractivity (Wildman–Crippen MR) is 95.7 cm³/mol. The summed E-state index contributed by atoms with van der Waals surface area (Å²) in [6.45, 7) is 3.07. The smallest absolute Gasteiger partial charge is 0.188 e. The maximum atomic E-state index is 13.6. The second-order valence-electron chi connectivity index (χ2n) is 5.47. The molecule has 1 atom stereocenters. The number of ether oxygens (including phenoxy) is 1. The Morgan fingerprint density at radius 1 is 1.17 bits per heavy atom. The highest BCUT2D eigenvalue weighted by molar-refractivity contribution is 5.77. The van der Waals surface area contributed by atoms with Crippen molar-refractivity contribution in [3.63, 3.8) is 0 Å². The van der Waals surface area contributed by atoms with Gasteiger partial charge in [0.15, 0.2) is 17.5 Å². The summed E-state index contributed by atoms with van der Waals surface area (Å²) < 4.78 is 19.3. The van der Waals surface area contributed by atoms with E-state index in [0.717, 1.165) is 12.8 Å². The number of guanidine groups is 1. The molecule has 4 nitrogen and oxygen atoms in total. The molecule has 0 fully saturated rings. The number of rotatable bonds is 8. The van der Waals surface area contributed by atoms with Crippen molar-refractivity contribution >= 4 is 5.96 Å². The van der Waals surface area contributed by atoms with Crippen molar-refractivity contribution in [3.05, 3.63) is 66.0 Å². The molecule has 0 bridgehead atoms. The van der Waals surface area contributed by atoms with Gasteiger partial charge >= 0.3 is 0 Å². The molecule has 0 spiro atoms. The molecule has 0 aromatic heterocycles. The number of benzene rings is 2. The van der Waals surface area contributed by atoms with Crippen LogP contribution in [0.2, 0.25) is 0 Å². The molecular weight excluding hydrogens is 305 g/mol.